The molecular weight excluding hydrogens is 268 g/mol. The summed E-state index contributed by atoms with van der Waals surface area (Å²) in [7, 11) is 0. The smallest absolute Gasteiger partial charge is 0.241 e. The van der Waals surface area contributed by atoms with E-state index in [1.54, 1.807) is 6.92 Å². The number of amides is 1. The molecule has 0 aromatic heterocycles. The van der Waals surface area contributed by atoms with Crippen LogP contribution in [0.5, 0.6) is 0 Å². The van der Waals surface area contributed by atoms with Gasteiger partial charge in [0.2, 0.25) is 5.91 Å². The van der Waals surface area contributed by atoms with Crippen LogP contribution in [0.1, 0.15) is 53.4 Å². The van der Waals surface area contributed by atoms with Gasteiger partial charge in [0, 0.05) is 24.5 Å². The van der Waals surface area contributed by atoms with Crippen LogP contribution in [-0.2, 0) is 9.53 Å². The van der Waals surface area contributed by atoms with E-state index in [-0.39, 0.29) is 29.9 Å². The highest BCUT2D eigenvalue weighted by Crippen LogP contribution is 2.57. The van der Waals surface area contributed by atoms with Gasteiger partial charge < -0.3 is 20.9 Å². The van der Waals surface area contributed by atoms with E-state index in [2.05, 4.69) is 5.32 Å². The quantitative estimate of drug-likeness (QED) is 0.712. The molecule has 21 heavy (non-hydrogen) atoms. The van der Waals surface area contributed by atoms with Gasteiger partial charge in [0.05, 0.1) is 11.7 Å². The van der Waals surface area contributed by atoms with Crippen LogP contribution in [0.15, 0.2) is 0 Å². The minimum Gasteiger partial charge on any atom is -0.388 e. The van der Waals surface area contributed by atoms with Crippen molar-refractivity contribution in [2.24, 2.45) is 17.1 Å². The molecule has 5 nitrogen and oxygen atoms in total. The van der Waals surface area contributed by atoms with E-state index >= 15 is 0 Å². The van der Waals surface area contributed by atoms with Gasteiger partial charge in [0.1, 0.15) is 5.54 Å². The second-order valence-corrected chi connectivity index (χ2v) is 7.56. The first-order chi connectivity index (χ1) is 9.67. The molecule has 0 spiro atoms. The number of hydrogen-bond donors (Lipinski definition) is 3. The molecular formula is C16H30N2O3. The molecule has 0 aromatic rings. The van der Waals surface area contributed by atoms with Gasteiger partial charge in [0.25, 0.3) is 0 Å². The number of hydrogen-bond acceptors (Lipinski definition) is 4. The van der Waals surface area contributed by atoms with E-state index < -0.39 is 11.1 Å². The fourth-order valence-corrected chi connectivity index (χ4v) is 4.08. The van der Waals surface area contributed by atoms with Crippen LogP contribution in [0, 0.1) is 11.3 Å². The maximum atomic E-state index is 12.7. The molecule has 2 aliphatic rings. The zero-order chi connectivity index (χ0) is 15.9. The number of nitrogens with two attached hydrogens (primary N) is 1. The highest BCUT2D eigenvalue weighted by Gasteiger charge is 2.70. The summed E-state index contributed by atoms with van der Waals surface area (Å²) in [6, 6.07) is 0. The van der Waals surface area contributed by atoms with Crippen molar-refractivity contribution >= 4 is 5.91 Å². The molecule has 0 bridgehead atoms. The molecule has 4 unspecified atom stereocenters. The fraction of sp³-hybridized carbons (Fsp3) is 0.938. The summed E-state index contributed by atoms with van der Waals surface area (Å²) in [5.74, 6) is -0.0759. The van der Waals surface area contributed by atoms with Gasteiger partial charge in [0.15, 0.2) is 0 Å². The zero-order valence-corrected chi connectivity index (χ0v) is 13.7. The Kier molecular flexibility index (Phi) is 4.40. The molecule has 122 valence electrons. The number of rotatable bonds is 5. The summed E-state index contributed by atoms with van der Waals surface area (Å²) in [5, 5.41) is 13.1. The molecule has 4 N–H and O–H groups in total. The maximum absolute atomic E-state index is 12.7. The zero-order valence-electron chi connectivity index (χ0n) is 13.7. The van der Waals surface area contributed by atoms with Gasteiger partial charge in [-0.2, -0.15) is 0 Å². The van der Waals surface area contributed by atoms with E-state index in [0.29, 0.717) is 6.42 Å². The first kappa shape index (κ1) is 16.7. The van der Waals surface area contributed by atoms with Crippen LogP contribution in [0.2, 0.25) is 0 Å². The molecule has 1 saturated carbocycles. The lowest BCUT2D eigenvalue weighted by Gasteiger charge is -2.65. The number of fused-ring (bicyclic) bond motifs is 1. The van der Waals surface area contributed by atoms with E-state index in [0.717, 1.165) is 25.9 Å². The molecule has 2 rings (SSSR count). The monoisotopic (exact) mass is 298 g/mol. The van der Waals surface area contributed by atoms with Crippen LogP contribution in [0.3, 0.4) is 0 Å². The molecule has 1 aliphatic carbocycles. The lowest BCUT2D eigenvalue weighted by Crippen LogP contribution is -2.82. The number of carbonyl (C=O) groups excluding carboxylic acids is 1. The second kappa shape index (κ2) is 5.52. The number of nitrogens with one attached hydrogen (secondary N) is 1. The lowest BCUT2D eigenvalue weighted by molar-refractivity contribution is -0.225. The Balaban J connectivity index is 2.04. The largest absolute Gasteiger partial charge is 0.388 e. The van der Waals surface area contributed by atoms with E-state index in [1.807, 2.05) is 20.8 Å². The SMILES string of the molecule is CCCC(C)(O)CNC(=O)C1(N)C2CCCOC2C1(C)C. The predicted molar refractivity (Wildman–Crippen MR) is 81.7 cm³/mol. The lowest BCUT2D eigenvalue weighted by atomic mass is 9.46. The Morgan fingerprint density at radius 1 is 1.52 bits per heavy atom. The summed E-state index contributed by atoms with van der Waals surface area (Å²) < 4.78 is 5.81. The van der Waals surface area contributed by atoms with Crippen molar-refractivity contribution in [3.05, 3.63) is 0 Å². The van der Waals surface area contributed by atoms with Crippen LogP contribution >= 0.6 is 0 Å². The molecule has 1 heterocycles. The van der Waals surface area contributed by atoms with Crippen LogP contribution in [0.25, 0.3) is 0 Å². The first-order valence-corrected chi connectivity index (χ1v) is 8.08. The van der Waals surface area contributed by atoms with Gasteiger partial charge >= 0.3 is 0 Å². The van der Waals surface area contributed by atoms with E-state index in [9.17, 15) is 9.90 Å². The van der Waals surface area contributed by atoms with Gasteiger partial charge in [-0.1, -0.05) is 27.2 Å². The molecule has 1 aliphatic heterocycles. The minimum atomic E-state index is -0.902. The Labute approximate surface area is 127 Å². The van der Waals surface area contributed by atoms with Crippen molar-refractivity contribution in [3.8, 4) is 0 Å². The minimum absolute atomic E-state index is 0.0677. The predicted octanol–water partition coefficient (Wildman–Crippen LogP) is 1.19. The molecule has 1 saturated heterocycles. The Bertz CT molecular complexity index is 408. The van der Waals surface area contributed by atoms with Crippen molar-refractivity contribution in [1.29, 1.82) is 0 Å². The van der Waals surface area contributed by atoms with Gasteiger partial charge in [-0.25, -0.2) is 0 Å². The summed E-state index contributed by atoms with van der Waals surface area (Å²) in [6.07, 6.45) is 3.49. The number of ether oxygens (including phenoxy) is 1. The van der Waals surface area contributed by atoms with Crippen LogP contribution < -0.4 is 11.1 Å². The molecule has 4 atom stereocenters. The summed E-state index contributed by atoms with van der Waals surface area (Å²) in [6.45, 7) is 8.77. The Morgan fingerprint density at radius 3 is 2.81 bits per heavy atom. The van der Waals surface area contributed by atoms with Crippen LogP contribution in [0.4, 0.5) is 0 Å². The van der Waals surface area contributed by atoms with Gasteiger partial charge in [-0.3, -0.25) is 4.79 Å². The van der Waals surface area contributed by atoms with Crippen molar-refractivity contribution in [3.63, 3.8) is 0 Å². The maximum Gasteiger partial charge on any atom is 0.241 e. The molecule has 0 aromatic carbocycles. The third kappa shape index (κ3) is 2.60. The Morgan fingerprint density at radius 2 is 2.19 bits per heavy atom. The van der Waals surface area contributed by atoms with Gasteiger partial charge in [-0.05, 0) is 26.2 Å². The molecule has 5 heteroatoms. The Hall–Kier alpha value is -0.650. The van der Waals surface area contributed by atoms with Crippen molar-refractivity contribution < 1.29 is 14.6 Å². The first-order valence-electron chi connectivity index (χ1n) is 8.08. The topological polar surface area (TPSA) is 84.6 Å². The molecule has 2 fully saturated rings. The summed E-state index contributed by atoms with van der Waals surface area (Å²) in [5.41, 5.74) is 4.35. The summed E-state index contributed by atoms with van der Waals surface area (Å²) >= 11 is 0. The number of carbonyl (C=O) groups is 1. The van der Waals surface area contributed by atoms with Crippen molar-refractivity contribution in [1.82, 2.24) is 5.32 Å². The third-order valence-electron chi connectivity index (χ3n) is 5.48. The normalized spacial score (nSPS) is 37.0. The van der Waals surface area contributed by atoms with E-state index in [1.165, 1.54) is 0 Å². The fourth-order valence-electron chi connectivity index (χ4n) is 4.08. The molecule has 0 radical (unpaired) electrons. The summed E-state index contributed by atoms with van der Waals surface area (Å²) in [4.78, 5) is 12.7. The average molecular weight is 298 g/mol. The highest BCUT2D eigenvalue weighted by molar-refractivity contribution is 5.89. The van der Waals surface area contributed by atoms with E-state index in [4.69, 9.17) is 10.5 Å². The van der Waals surface area contributed by atoms with Crippen LogP contribution in [-0.4, -0.2) is 41.4 Å². The standard InChI is InChI=1S/C16H30N2O3/c1-5-8-15(4,20)10-18-13(19)16(17)11-7-6-9-21-12(11)14(16,2)3/h11-12,20H,5-10,17H2,1-4H3,(H,18,19). The van der Waals surface area contributed by atoms with Crippen molar-refractivity contribution in [2.45, 2.75) is 70.6 Å². The van der Waals surface area contributed by atoms with Crippen molar-refractivity contribution in [2.75, 3.05) is 13.2 Å². The highest BCUT2D eigenvalue weighted by atomic mass is 16.5. The molecule has 1 amide bonds. The average Bonchev–Trinajstić information content (AvgIpc) is 2.44. The third-order valence-corrected chi connectivity index (χ3v) is 5.48. The second-order valence-electron chi connectivity index (χ2n) is 7.56. The number of aliphatic hydroxyl groups is 1. The van der Waals surface area contributed by atoms with Gasteiger partial charge in [-0.15, -0.1) is 0 Å².